The predicted octanol–water partition coefficient (Wildman–Crippen LogP) is 1.63. The highest BCUT2D eigenvalue weighted by Crippen LogP contribution is 2.23. The van der Waals surface area contributed by atoms with Crippen LogP contribution >= 0.6 is 0 Å². The number of amides is 1. The highest BCUT2D eigenvalue weighted by Gasteiger charge is 2.22. The van der Waals surface area contributed by atoms with Crippen LogP contribution in [-0.4, -0.2) is 29.9 Å². The van der Waals surface area contributed by atoms with Crippen LogP contribution in [0.3, 0.4) is 0 Å². The number of hydrogen-bond donors (Lipinski definition) is 2. The largest absolute Gasteiger partial charge is 0.366 e. The van der Waals surface area contributed by atoms with Gasteiger partial charge < -0.3 is 11.5 Å². The molecular weight excluding hydrogens is 257 g/mol. The Balaban J connectivity index is 2.00. The molecule has 0 atom stereocenters. The first-order chi connectivity index (χ1) is 9.47. The maximum absolute atomic E-state index is 13.9. The SMILES string of the molecule is CN(Cc1ccc(C(N)=O)cc1F)C1CCC(N)CC1. The Labute approximate surface area is 118 Å². The van der Waals surface area contributed by atoms with E-state index in [1.165, 1.54) is 6.07 Å². The van der Waals surface area contributed by atoms with Crippen molar-refractivity contribution in [3.63, 3.8) is 0 Å². The lowest BCUT2D eigenvalue weighted by Crippen LogP contribution is -2.38. The standard InChI is InChI=1S/C15H22FN3O/c1-19(13-6-4-12(17)5-7-13)9-11-3-2-10(15(18)20)8-14(11)16/h2-3,8,12-13H,4-7,9,17H2,1H3,(H2,18,20). The number of carbonyl (C=O) groups excluding carboxylic acids is 1. The number of rotatable bonds is 4. The Morgan fingerprint density at radius 2 is 2.00 bits per heavy atom. The van der Waals surface area contributed by atoms with Gasteiger partial charge in [0, 0.05) is 29.8 Å². The second-order valence-electron chi connectivity index (χ2n) is 5.65. The van der Waals surface area contributed by atoms with Crippen molar-refractivity contribution in [1.29, 1.82) is 0 Å². The van der Waals surface area contributed by atoms with Crippen LogP contribution in [0.25, 0.3) is 0 Å². The summed E-state index contributed by atoms with van der Waals surface area (Å²) in [5, 5.41) is 0. The molecule has 0 heterocycles. The molecule has 1 aromatic carbocycles. The Morgan fingerprint density at radius 1 is 1.35 bits per heavy atom. The zero-order valence-corrected chi connectivity index (χ0v) is 11.8. The van der Waals surface area contributed by atoms with E-state index in [2.05, 4.69) is 4.90 Å². The molecule has 0 saturated heterocycles. The minimum absolute atomic E-state index is 0.206. The van der Waals surface area contributed by atoms with Gasteiger partial charge in [-0.05, 0) is 44.9 Å². The molecule has 1 aromatic rings. The third-order valence-corrected chi connectivity index (χ3v) is 4.12. The van der Waals surface area contributed by atoms with E-state index in [0.717, 1.165) is 25.7 Å². The van der Waals surface area contributed by atoms with Gasteiger partial charge in [0.25, 0.3) is 0 Å². The summed E-state index contributed by atoms with van der Waals surface area (Å²) in [4.78, 5) is 13.2. The van der Waals surface area contributed by atoms with E-state index in [1.807, 2.05) is 7.05 Å². The fourth-order valence-corrected chi connectivity index (χ4v) is 2.77. The fraction of sp³-hybridized carbons (Fsp3) is 0.533. The van der Waals surface area contributed by atoms with Gasteiger partial charge >= 0.3 is 0 Å². The Kier molecular flexibility index (Phi) is 4.73. The number of nitrogens with zero attached hydrogens (tertiary/aromatic N) is 1. The lowest BCUT2D eigenvalue weighted by Gasteiger charge is -2.33. The first kappa shape index (κ1) is 14.9. The number of benzene rings is 1. The van der Waals surface area contributed by atoms with Crippen molar-refractivity contribution < 1.29 is 9.18 Å². The normalized spacial score (nSPS) is 23.0. The van der Waals surface area contributed by atoms with E-state index in [4.69, 9.17) is 11.5 Å². The van der Waals surface area contributed by atoms with Crippen molar-refractivity contribution >= 4 is 5.91 Å². The molecule has 1 amide bonds. The molecule has 1 fully saturated rings. The summed E-state index contributed by atoms with van der Waals surface area (Å²) in [5.74, 6) is -0.981. The zero-order chi connectivity index (χ0) is 14.7. The molecule has 1 aliphatic carbocycles. The second-order valence-corrected chi connectivity index (χ2v) is 5.65. The molecule has 0 bridgehead atoms. The van der Waals surface area contributed by atoms with Gasteiger partial charge in [-0.1, -0.05) is 6.07 Å². The molecule has 1 aliphatic rings. The van der Waals surface area contributed by atoms with E-state index in [0.29, 0.717) is 24.2 Å². The first-order valence-electron chi connectivity index (χ1n) is 7.01. The van der Waals surface area contributed by atoms with E-state index < -0.39 is 5.91 Å². The van der Waals surface area contributed by atoms with E-state index in [9.17, 15) is 9.18 Å². The minimum atomic E-state index is -0.606. The number of halogens is 1. The first-order valence-corrected chi connectivity index (χ1v) is 7.01. The smallest absolute Gasteiger partial charge is 0.248 e. The third kappa shape index (κ3) is 3.55. The summed E-state index contributed by atoms with van der Waals surface area (Å²) in [6.07, 6.45) is 4.16. The van der Waals surface area contributed by atoms with Crippen LogP contribution < -0.4 is 11.5 Å². The molecule has 0 radical (unpaired) electrons. The molecule has 4 N–H and O–H groups in total. The van der Waals surface area contributed by atoms with E-state index >= 15 is 0 Å². The molecule has 0 spiro atoms. The molecular formula is C15H22FN3O. The average Bonchev–Trinajstić information content (AvgIpc) is 2.41. The zero-order valence-electron chi connectivity index (χ0n) is 11.8. The quantitative estimate of drug-likeness (QED) is 0.879. The monoisotopic (exact) mass is 279 g/mol. The summed E-state index contributed by atoms with van der Waals surface area (Å²) in [5.41, 5.74) is 11.8. The van der Waals surface area contributed by atoms with Gasteiger partial charge in [0.1, 0.15) is 5.82 Å². The molecule has 0 aliphatic heterocycles. The van der Waals surface area contributed by atoms with Gasteiger partial charge in [-0.2, -0.15) is 0 Å². The summed E-state index contributed by atoms with van der Waals surface area (Å²) in [6.45, 7) is 0.533. The second kappa shape index (κ2) is 6.33. The molecule has 20 heavy (non-hydrogen) atoms. The third-order valence-electron chi connectivity index (χ3n) is 4.12. The lowest BCUT2D eigenvalue weighted by molar-refractivity contribution is 0.1000. The highest BCUT2D eigenvalue weighted by atomic mass is 19.1. The van der Waals surface area contributed by atoms with E-state index in [-0.39, 0.29) is 11.4 Å². The van der Waals surface area contributed by atoms with Crippen molar-refractivity contribution in [3.05, 3.63) is 35.1 Å². The van der Waals surface area contributed by atoms with E-state index in [1.54, 1.807) is 12.1 Å². The maximum atomic E-state index is 13.9. The predicted molar refractivity (Wildman–Crippen MR) is 76.6 cm³/mol. The van der Waals surface area contributed by atoms with Gasteiger partial charge in [-0.25, -0.2) is 4.39 Å². The van der Waals surface area contributed by atoms with Crippen LogP contribution in [0, 0.1) is 5.82 Å². The number of carbonyl (C=O) groups is 1. The topological polar surface area (TPSA) is 72.3 Å². The van der Waals surface area contributed by atoms with Crippen LogP contribution in [0.2, 0.25) is 0 Å². The van der Waals surface area contributed by atoms with Crippen molar-refractivity contribution in [2.24, 2.45) is 11.5 Å². The van der Waals surface area contributed by atoms with Gasteiger partial charge in [-0.3, -0.25) is 9.69 Å². The van der Waals surface area contributed by atoms with Crippen molar-refractivity contribution in [3.8, 4) is 0 Å². The van der Waals surface area contributed by atoms with Crippen LogP contribution in [0.4, 0.5) is 4.39 Å². The Hall–Kier alpha value is -1.46. The molecule has 5 heteroatoms. The lowest BCUT2D eigenvalue weighted by atomic mass is 9.91. The van der Waals surface area contributed by atoms with Gasteiger partial charge in [0.05, 0.1) is 0 Å². The maximum Gasteiger partial charge on any atom is 0.248 e. The molecule has 4 nitrogen and oxygen atoms in total. The highest BCUT2D eigenvalue weighted by molar-refractivity contribution is 5.92. The number of primary amides is 1. The molecule has 110 valence electrons. The summed E-state index contributed by atoms with van der Waals surface area (Å²) < 4.78 is 13.9. The molecule has 1 saturated carbocycles. The molecule has 0 aromatic heterocycles. The van der Waals surface area contributed by atoms with Gasteiger partial charge in [-0.15, -0.1) is 0 Å². The van der Waals surface area contributed by atoms with Gasteiger partial charge in [0.2, 0.25) is 5.91 Å². The molecule has 2 rings (SSSR count). The number of hydrogen-bond acceptors (Lipinski definition) is 3. The van der Waals surface area contributed by atoms with Gasteiger partial charge in [0.15, 0.2) is 0 Å². The molecule has 0 unspecified atom stereocenters. The Morgan fingerprint density at radius 3 is 2.55 bits per heavy atom. The van der Waals surface area contributed by atoms with Crippen LogP contribution in [0.5, 0.6) is 0 Å². The van der Waals surface area contributed by atoms with Crippen LogP contribution in [0.1, 0.15) is 41.6 Å². The average molecular weight is 279 g/mol. The summed E-state index contributed by atoms with van der Waals surface area (Å²) >= 11 is 0. The number of nitrogens with two attached hydrogens (primary N) is 2. The minimum Gasteiger partial charge on any atom is -0.366 e. The summed E-state index contributed by atoms with van der Waals surface area (Å²) in [6, 6.07) is 5.19. The van der Waals surface area contributed by atoms with Crippen LogP contribution in [-0.2, 0) is 6.54 Å². The fourth-order valence-electron chi connectivity index (χ4n) is 2.77. The van der Waals surface area contributed by atoms with Crippen molar-refractivity contribution in [2.75, 3.05) is 7.05 Å². The van der Waals surface area contributed by atoms with Crippen molar-refractivity contribution in [1.82, 2.24) is 4.90 Å². The summed E-state index contributed by atoms with van der Waals surface area (Å²) in [7, 11) is 2.00. The van der Waals surface area contributed by atoms with Crippen LogP contribution in [0.15, 0.2) is 18.2 Å². The Bertz CT molecular complexity index is 484. The van der Waals surface area contributed by atoms with Crippen molar-refractivity contribution in [2.45, 2.75) is 44.3 Å².